The van der Waals surface area contributed by atoms with E-state index in [0.29, 0.717) is 19.3 Å². The van der Waals surface area contributed by atoms with Gasteiger partial charge in [0.15, 0.2) is 6.10 Å². The number of carbonyl (C=O) groups excluding carboxylic acids is 3. The summed E-state index contributed by atoms with van der Waals surface area (Å²) >= 11 is 0. The van der Waals surface area contributed by atoms with Gasteiger partial charge in [0.25, 0.3) is 0 Å². The third-order valence-electron chi connectivity index (χ3n) is 11.5. The van der Waals surface area contributed by atoms with Crippen LogP contribution in [0.4, 0.5) is 0 Å². The SMILES string of the molecule is CC/C=C\C/C=C\C/C=C\CCCCCCCC(=O)OC[C@H](COC(=O)CCCCCCC/C=C\CCCCCCCC)OC(=O)CCCCCCCCC/C=C\CCCCCC. The highest BCUT2D eigenvalue weighted by atomic mass is 16.6. The molecule has 0 aromatic heterocycles. The van der Waals surface area contributed by atoms with Gasteiger partial charge in [-0.25, -0.2) is 0 Å². The smallest absolute Gasteiger partial charge is 0.306 e. The van der Waals surface area contributed by atoms with Crippen molar-refractivity contribution in [1.82, 2.24) is 0 Å². The summed E-state index contributed by atoms with van der Waals surface area (Å²) in [6.07, 6.45) is 63.4. The van der Waals surface area contributed by atoms with Crippen molar-refractivity contribution in [2.24, 2.45) is 0 Å². The second-order valence-electron chi connectivity index (χ2n) is 17.7. The van der Waals surface area contributed by atoms with Gasteiger partial charge in [-0.15, -0.1) is 0 Å². The maximum absolute atomic E-state index is 12.8. The number of ether oxygens (including phenoxy) is 3. The molecule has 0 saturated heterocycles. The Labute approximate surface area is 390 Å². The molecule has 364 valence electrons. The van der Waals surface area contributed by atoms with Gasteiger partial charge in [0.1, 0.15) is 13.2 Å². The molecule has 0 aromatic rings. The number of rotatable bonds is 48. The van der Waals surface area contributed by atoms with Crippen LogP contribution in [0.2, 0.25) is 0 Å². The molecular weight excluding hydrogens is 781 g/mol. The Morgan fingerprint density at radius 3 is 1.00 bits per heavy atom. The number of allylic oxidation sites excluding steroid dienone is 10. The van der Waals surface area contributed by atoms with Crippen LogP contribution in [0.1, 0.15) is 265 Å². The number of hydrogen-bond donors (Lipinski definition) is 0. The summed E-state index contributed by atoms with van der Waals surface area (Å²) in [6.45, 7) is 6.50. The van der Waals surface area contributed by atoms with Crippen LogP contribution in [0.5, 0.6) is 0 Å². The number of unbranched alkanes of at least 4 members (excludes halogenated alkanes) is 27. The van der Waals surface area contributed by atoms with Crippen LogP contribution in [0.15, 0.2) is 60.8 Å². The molecule has 0 aliphatic rings. The molecule has 0 fully saturated rings. The molecular formula is C57H100O6. The minimum atomic E-state index is -0.786. The van der Waals surface area contributed by atoms with Gasteiger partial charge in [-0.05, 0) is 103 Å². The molecule has 6 nitrogen and oxygen atoms in total. The monoisotopic (exact) mass is 881 g/mol. The Morgan fingerprint density at radius 2 is 0.619 bits per heavy atom. The van der Waals surface area contributed by atoms with Gasteiger partial charge in [-0.1, -0.05) is 204 Å². The highest BCUT2D eigenvalue weighted by Gasteiger charge is 2.19. The molecule has 0 spiro atoms. The van der Waals surface area contributed by atoms with Crippen molar-refractivity contribution in [1.29, 1.82) is 0 Å². The Balaban J connectivity index is 4.42. The molecule has 1 atom stereocenters. The summed E-state index contributed by atoms with van der Waals surface area (Å²) in [5.41, 5.74) is 0. The molecule has 0 rings (SSSR count). The van der Waals surface area contributed by atoms with Crippen LogP contribution >= 0.6 is 0 Å². The molecule has 0 saturated carbocycles. The van der Waals surface area contributed by atoms with Gasteiger partial charge >= 0.3 is 17.9 Å². The van der Waals surface area contributed by atoms with Crippen LogP contribution in [0.3, 0.4) is 0 Å². The van der Waals surface area contributed by atoms with Crippen LogP contribution in [0, 0.1) is 0 Å². The van der Waals surface area contributed by atoms with E-state index in [1.807, 2.05) is 0 Å². The van der Waals surface area contributed by atoms with Crippen molar-refractivity contribution in [2.75, 3.05) is 13.2 Å². The van der Waals surface area contributed by atoms with Crippen molar-refractivity contribution in [2.45, 2.75) is 271 Å². The average Bonchev–Trinajstić information content (AvgIpc) is 3.28. The zero-order valence-corrected chi connectivity index (χ0v) is 41.6. The number of esters is 3. The molecule has 0 aromatic carbocycles. The van der Waals surface area contributed by atoms with Gasteiger partial charge < -0.3 is 14.2 Å². The van der Waals surface area contributed by atoms with Crippen molar-refractivity contribution in [3.63, 3.8) is 0 Å². The van der Waals surface area contributed by atoms with E-state index in [9.17, 15) is 14.4 Å². The molecule has 6 heteroatoms. The van der Waals surface area contributed by atoms with Crippen LogP contribution in [0.25, 0.3) is 0 Å². The number of carbonyl (C=O) groups is 3. The third kappa shape index (κ3) is 50.0. The molecule has 0 amide bonds. The predicted octanol–water partition coefficient (Wildman–Crippen LogP) is 17.6. The second kappa shape index (κ2) is 51.7. The lowest BCUT2D eigenvalue weighted by atomic mass is 10.1. The Kier molecular flexibility index (Phi) is 49.4. The van der Waals surface area contributed by atoms with Gasteiger partial charge in [0.05, 0.1) is 0 Å². The second-order valence-corrected chi connectivity index (χ2v) is 17.7. The first kappa shape index (κ1) is 60.1. The fourth-order valence-corrected chi connectivity index (χ4v) is 7.45. The van der Waals surface area contributed by atoms with Crippen molar-refractivity contribution < 1.29 is 28.6 Å². The molecule has 0 unspecified atom stereocenters. The van der Waals surface area contributed by atoms with E-state index in [1.54, 1.807) is 0 Å². The third-order valence-corrected chi connectivity index (χ3v) is 11.5. The van der Waals surface area contributed by atoms with Crippen molar-refractivity contribution in [3.05, 3.63) is 60.8 Å². The molecule has 0 aliphatic carbocycles. The summed E-state index contributed by atoms with van der Waals surface area (Å²) in [5, 5.41) is 0. The minimum Gasteiger partial charge on any atom is -0.462 e. The maximum Gasteiger partial charge on any atom is 0.306 e. The Bertz CT molecular complexity index is 1150. The van der Waals surface area contributed by atoms with E-state index in [0.717, 1.165) is 103 Å². The lowest BCUT2D eigenvalue weighted by molar-refractivity contribution is -0.167. The summed E-state index contributed by atoms with van der Waals surface area (Å²) in [5.74, 6) is -0.909. The van der Waals surface area contributed by atoms with Crippen LogP contribution in [-0.4, -0.2) is 37.2 Å². The largest absolute Gasteiger partial charge is 0.462 e. The van der Waals surface area contributed by atoms with Gasteiger partial charge in [-0.2, -0.15) is 0 Å². The summed E-state index contributed by atoms with van der Waals surface area (Å²) < 4.78 is 16.8. The fraction of sp³-hybridized carbons (Fsp3) is 0.772. The van der Waals surface area contributed by atoms with Crippen LogP contribution < -0.4 is 0 Å². The molecule has 63 heavy (non-hydrogen) atoms. The molecule has 0 radical (unpaired) electrons. The normalized spacial score (nSPS) is 12.5. The molecule has 0 N–H and O–H groups in total. The Hall–Kier alpha value is -2.89. The van der Waals surface area contributed by atoms with E-state index in [4.69, 9.17) is 14.2 Å². The van der Waals surface area contributed by atoms with E-state index in [-0.39, 0.29) is 31.1 Å². The molecule has 0 aliphatic heterocycles. The minimum absolute atomic E-state index is 0.0853. The van der Waals surface area contributed by atoms with Crippen molar-refractivity contribution in [3.8, 4) is 0 Å². The lowest BCUT2D eigenvalue weighted by Crippen LogP contribution is -2.30. The number of hydrogen-bond acceptors (Lipinski definition) is 6. The Morgan fingerprint density at radius 1 is 0.333 bits per heavy atom. The molecule has 0 heterocycles. The average molecular weight is 881 g/mol. The predicted molar refractivity (Wildman–Crippen MR) is 270 cm³/mol. The first-order valence-corrected chi connectivity index (χ1v) is 26.8. The first-order valence-electron chi connectivity index (χ1n) is 26.8. The van der Waals surface area contributed by atoms with Crippen molar-refractivity contribution >= 4 is 17.9 Å². The maximum atomic E-state index is 12.8. The molecule has 0 bridgehead atoms. The van der Waals surface area contributed by atoms with E-state index < -0.39 is 6.10 Å². The standard InChI is InChI=1S/C57H100O6/c1-4-7-10-13-16-19-22-25-28-31-34-37-40-43-46-49-55(58)61-52-54(63-57(60)51-48-45-42-39-36-33-30-27-24-21-18-15-12-9-6-3)53-62-56(59)50-47-44-41-38-35-32-29-26-23-20-17-14-11-8-5-2/h7,10,16,19,21,24-26,28-29,54H,4-6,8-9,11-15,17-18,20,22-23,27,30-53H2,1-3H3/b10-7-,19-16-,24-21-,28-25-,29-26-/t54-/m1/s1. The van der Waals surface area contributed by atoms with E-state index in [1.165, 1.54) is 122 Å². The summed E-state index contributed by atoms with van der Waals surface area (Å²) in [7, 11) is 0. The highest BCUT2D eigenvalue weighted by Crippen LogP contribution is 2.14. The zero-order chi connectivity index (χ0) is 45.8. The summed E-state index contributed by atoms with van der Waals surface area (Å²) in [6, 6.07) is 0. The van der Waals surface area contributed by atoms with Gasteiger partial charge in [0.2, 0.25) is 0 Å². The lowest BCUT2D eigenvalue weighted by Gasteiger charge is -2.18. The first-order chi connectivity index (χ1) is 31.0. The highest BCUT2D eigenvalue weighted by molar-refractivity contribution is 5.71. The zero-order valence-electron chi connectivity index (χ0n) is 41.6. The van der Waals surface area contributed by atoms with E-state index >= 15 is 0 Å². The van der Waals surface area contributed by atoms with Crippen LogP contribution in [-0.2, 0) is 28.6 Å². The topological polar surface area (TPSA) is 78.9 Å². The fourth-order valence-electron chi connectivity index (χ4n) is 7.45. The summed E-state index contributed by atoms with van der Waals surface area (Å²) in [4.78, 5) is 38.0. The quantitative estimate of drug-likeness (QED) is 0.0262. The van der Waals surface area contributed by atoms with Gasteiger partial charge in [0, 0.05) is 19.3 Å². The van der Waals surface area contributed by atoms with Gasteiger partial charge in [-0.3, -0.25) is 14.4 Å². The van der Waals surface area contributed by atoms with E-state index in [2.05, 4.69) is 81.5 Å².